The highest BCUT2D eigenvalue weighted by atomic mass is 32.2. The number of rotatable bonds is 6. The van der Waals surface area contributed by atoms with Gasteiger partial charge in [-0.1, -0.05) is 17.8 Å². The molecule has 0 fully saturated rings. The van der Waals surface area contributed by atoms with Gasteiger partial charge in [-0.2, -0.15) is 13.2 Å². The van der Waals surface area contributed by atoms with Crippen molar-refractivity contribution in [3.05, 3.63) is 35.7 Å². The largest absolute Gasteiger partial charge is 0.486 e. The Hall–Kier alpha value is -2.23. The van der Waals surface area contributed by atoms with E-state index in [4.69, 9.17) is 10.5 Å². The number of amides is 1. The predicted molar refractivity (Wildman–Crippen MR) is 76.7 cm³/mol. The topological polar surface area (TPSA) is 83.0 Å². The van der Waals surface area contributed by atoms with E-state index in [1.165, 1.54) is 12.1 Å². The van der Waals surface area contributed by atoms with E-state index in [2.05, 4.69) is 10.2 Å². The Morgan fingerprint density at radius 2 is 2.13 bits per heavy atom. The molecule has 2 N–H and O–H groups in total. The molecule has 0 aliphatic heterocycles. The number of nitrogens with zero attached hydrogens (tertiary/aromatic N) is 3. The smallest absolute Gasteiger partial charge is 0.416 e. The quantitative estimate of drug-likeness (QED) is 0.809. The molecule has 0 saturated heterocycles. The van der Waals surface area contributed by atoms with E-state index < -0.39 is 17.6 Å². The maximum Gasteiger partial charge on any atom is 0.416 e. The Bertz CT molecular complexity index is 703. The van der Waals surface area contributed by atoms with Gasteiger partial charge in [0, 0.05) is 7.05 Å². The van der Waals surface area contributed by atoms with Crippen LogP contribution >= 0.6 is 11.8 Å². The molecule has 1 heterocycles. The molecule has 6 nitrogen and oxygen atoms in total. The predicted octanol–water partition coefficient (Wildman–Crippen LogP) is 1.99. The summed E-state index contributed by atoms with van der Waals surface area (Å²) in [7, 11) is 1.66. The van der Waals surface area contributed by atoms with Gasteiger partial charge in [0.1, 0.15) is 12.4 Å². The van der Waals surface area contributed by atoms with Gasteiger partial charge < -0.3 is 15.0 Å². The second kappa shape index (κ2) is 6.90. The molecule has 0 bridgehead atoms. The van der Waals surface area contributed by atoms with Crippen molar-refractivity contribution in [1.82, 2.24) is 14.8 Å². The number of carbonyl (C=O) groups excluding carboxylic acids is 1. The minimum absolute atomic E-state index is 0.0536. The number of benzene rings is 1. The molecule has 1 amide bonds. The van der Waals surface area contributed by atoms with Crippen molar-refractivity contribution in [1.29, 1.82) is 0 Å². The van der Waals surface area contributed by atoms with Crippen molar-refractivity contribution in [2.75, 3.05) is 5.75 Å². The van der Waals surface area contributed by atoms with Gasteiger partial charge in [0.15, 0.2) is 11.0 Å². The van der Waals surface area contributed by atoms with Crippen LogP contribution in [-0.2, 0) is 24.6 Å². The average molecular weight is 346 g/mol. The molecule has 2 aromatic rings. The van der Waals surface area contributed by atoms with Crippen LogP contribution in [0.4, 0.5) is 13.2 Å². The van der Waals surface area contributed by atoms with Gasteiger partial charge in [0.25, 0.3) is 0 Å². The second-order valence-corrected chi connectivity index (χ2v) is 5.47. The summed E-state index contributed by atoms with van der Waals surface area (Å²) in [5.74, 6) is 0.0591. The third kappa shape index (κ3) is 4.62. The fraction of sp³-hybridized carbons (Fsp3) is 0.308. The summed E-state index contributed by atoms with van der Waals surface area (Å²) in [5, 5.41) is 8.20. The minimum Gasteiger partial charge on any atom is -0.486 e. The summed E-state index contributed by atoms with van der Waals surface area (Å²) in [6.07, 6.45) is -4.43. The molecule has 0 atom stereocenters. The van der Waals surface area contributed by atoms with Gasteiger partial charge in [-0.15, -0.1) is 10.2 Å². The molecule has 2 rings (SSSR count). The SMILES string of the molecule is Cn1c(COc2cccc(C(F)(F)F)c2)nnc1SCC(N)=O. The van der Waals surface area contributed by atoms with Crippen LogP contribution in [0, 0.1) is 0 Å². The van der Waals surface area contributed by atoms with Crippen molar-refractivity contribution in [3.63, 3.8) is 0 Å². The summed E-state index contributed by atoms with van der Waals surface area (Å²) < 4.78 is 44.8. The lowest BCUT2D eigenvalue weighted by Gasteiger charge is -2.10. The van der Waals surface area contributed by atoms with Crippen LogP contribution in [0.3, 0.4) is 0 Å². The zero-order chi connectivity index (χ0) is 17.0. The number of hydrogen-bond donors (Lipinski definition) is 1. The highest BCUT2D eigenvalue weighted by molar-refractivity contribution is 7.99. The average Bonchev–Trinajstić information content (AvgIpc) is 2.83. The number of carbonyl (C=O) groups is 1. The summed E-state index contributed by atoms with van der Waals surface area (Å²) in [6, 6.07) is 4.57. The van der Waals surface area contributed by atoms with Gasteiger partial charge >= 0.3 is 6.18 Å². The van der Waals surface area contributed by atoms with Crippen molar-refractivity contribution in [2.45, 2.75) is 17.9 Å². The van der Waals surface area contributed by atoms with Crippen LogP contribution < -0.4 is 10.5 Å². The van der Waals surface area contributed by atoms with Gasteiger partial charge in [-0.05, 0) is 18.2 Å². The Kier molecular flexibility index (Phi) is 5.14. The molecule has 0 radical (unpaired) electrons. The van der Waals surface area contributed by atoms with Crippen molar-refractivity contribution >= 4 is 17.7 Å². The highest BCUT2D eigenvalue weighted by Crippen LogP contribution is 2.31. The fourth-order valence-corrected chi connectivity index (χ4v) is 2.31. The molecule has 1 aromatic carbocycles. The monoisotopic (exact) mass is 346 g/mol. The van der Waals surface area contributed by atoms with Crippen LogP contribution in [0.15, 0.2) is 29.4 Å². The third-order valence-corrected chi connectivity index (χ3v) is 3.84. The van der Waals surface area contributed by atoms with E-state index in [1.807, 2.05) is 0 Å². The van der Waals surface area contributed by atoms with Gasteiger partial charge in [-0.25, -0.2) is 0 Å². The van der Waals surface area contributed by atoms with Gasteiger partial charge in [0.05, 0.1) is 11.3 Å². The number of halogens is 3. The van der Waals surface area contributed by atoms with Crippen LogP contribution in [-0.4, -0.2) is 26.4 Å². The fourth-order valence-electron chi connectivity index (χ4n) is 1.64. The number of hydrogen-bond acceptors (Lipinski definition) is 5. The van der Waals surface area contributed by atoms with Crippen LogP contribution in [0.1, 0.15) is 11.4 Å². The normalized spacial score (nSPS) is 11.5. The number of thioether (sulfide) groups is 1. The van der Waals surface area contributed by atoms with Gasteiger partial charge in [0.2, 0.25) is 5.91 Å². The molecular formula is C13H13F3N4O2S. The second-order valence-electron chi connectivity index (χ2n) is 4.53. The zero-order valence-corrected chi connectivity index (χ0v) is 12.8. The number of alkyl halides is 3. The van der Waals surface area contributed by atoms with E-state index in [9.17, 15) is 18.0 Å². The van der Waals surface area contributed by atoms with Crippen LogP contribution in [0.5, 0.6) is 5.75 Å². The Morgan fingerprint density at radius 1 is 1.39 bits per heavy atom. The lowest BCUT2D eigenvalue weighted by atomic mass is 10.2. The van der Waals surface area contributed by atoms with Crippen molar-refractivity contribution in [2.24, 2.45) is 12.8 Å². The first-order valence-corrected chi connectivity index (χ1v) is 7.35. The van der Waals surface area contributed by atoms with E-state index in [-0.39, 0.29) is 18.1 Å². The first-order chi connectivity index (χ1) is 10.8. The lowest BCUT2D eigenvalue weighted by molar-refractivity contribution is -0.137. The van der Waals surface area contributed by atoms with Crippen LogP contribution in [0.2, 0.25) is 0 Å². The van der Waals surface area contributed by atoms with Crippen molar-refractivity contribution < 1.29 is 22.7 Å². The first-order valence-electron chi connectivity index (χ1n) is 6.37. The molecule has 1 aromatic heterocycles. The molecule has 0 saturated carbocycles. The minimum atomic E-state index is -4.43. The summed E-state index contributed by atoms with van der Waals surface area (Å²) in [4.78, 5) is 10.7. The third-order valence-electron chi connectivity index (χ3n) is 2.80. The Balaban J connectivity index is 2.03. The summed E-state index contributed by atoms with van der Waals surface area (Å²) in [5.41, 5.74) is 4.26. The lowest BCUT2D eigenvalue weighted by Crippen LogP contribution is -2.13. The zero-order valence-electron chi connectivity index (χ0n) is 12.0. The number of nitrogens with two attached hydrogens (primary N) is 1. The number of primary amides is 1. The molecule has 10 heteroatoms. The van der Waals surface area contributed by atoms with Gasteiger partial charge in [-0.3, -0.25) is 4.79 Å². The molecule has 23 heavy (non-hydrogen) atoms. The van der Waals surface area contributed by atoms with E-state index in [1.54, 1.807) is 11.6 Å². The molecular weight excluding hydrogens is 333 g/mol. The number of ether oxygens (including phenoxy) is 1. The maximum absolute atomic E-state index is 12.6. The van der Waals surface area contributed by atoms with E-state index in [0.29, 0.717) is 11.0 Å². The molecule has 0 unspecified atom stereocenters. The number of aromatic nitrogens is 3. The van der Waals surface area contributed by atoms with E-state index in [0.717, 1.165) is 23.9 Å². The summed E-state index contributed by atoms with van der Waals surface area (Å²) in [6.45, 7) is -0.0536. The van der Waals surface area contributed by atoms with Crippen LogP contribution in [0.25, 0.3) is 0 Å². The molecule has 0 spiro atoms. The molecule has 124 valence electrons. The molecule has 0 aliphatic rings. The Labute approximate surface area is 133 Å². The maximum atomic E-state index is 12.6. The first kappa shape index (κ1) is 17.1. The standard InChI is InChI=1S/C13H13F3N4O2S/c1-20-11(18-19-12(20)23-7-10(17)21)6-22-9-4-2-3-8(5-9)13(14,15)16/h2-5H,6-7H2,1H3,(H2,17,21). The van der Waals surface area contributed by atoms with E-state index >= 15 is 0 Å². The highest BCUT2D eigenvalue weighted by Gasteiger charge is 2.30. The summed E-state index contributed by atoms with van der Waals surface area (Å²) >= 11 is 1.11. The Morgan fingerprint density at radius 3 is 2.78 bits per heavy atom. The van der Waals surface area contributed by atoms with Crippen molar-refractivity contribution in [3.8, 4) is 5.75 Å². The molecule has 0 aliphatic carbocycles.